The first kappa shape index (κ1) is 22.7. The Morgan fingerprint density at radius 3 is 2.16 bits per heavy atom. The first-order chi connectivity index (χ1) is 15.4. The van der Waals surface area contributed by atoms with Gasteiger partial charge in [-0.1, -0.05) is 64.5 Å². The molecule has 0 amide bonds. The fourth-order valence-corrected chi connectivity index (χ4v) is 6.08. The SMILES string of the molecule is Cc1ccc(C#N)c(S(=O)(=O)N2CCN([C@H](c3ccccc3)c3ccc(Br)cc3)CC2)c1. The fourth-order valence-electron chi connectivity index (χ4n) is 4.17. The molecule has 164 valence electrons. The van der Waals surface area contributed by atoms with Crippen molar-refractivity contribution in [2.24, 2.45) is 0 Å². The van der Waals surface area contributed by atoms with E-state index in [0.29, 0.717) is 26.2 Å². The smallest absolute Gasteiger partial charge is 0.244 e. The second-order valence-corrected chi connectivity index (χ2v) is 10.7. The maximum absolute atomic E-state index is 13.3. The molecule has 7 heteroatoms. The van der Waals surface area contributed by atoms with Crippen LogP contribution in [-0.4, -0.2) is 43.8 Å². The van der Waals surface area contributed by atoms with Crippen molar-refractivity contribution in [3.8, 4) is 6.07 Å². The predicted octanol–water partition coefficient (Wildman–Crippen LogP) is 4.73. The molecular weight excluding hydrogens is 486 g/mol. The highest BCUT2D eigenvalue weighted by Gasteiger charge is 2.33. The largest absolute Gasteiger partial charge is 0.290 e. The monoisotopic (exact) mass is 509 g/mol. The van der Waals surface area contributed by atoms with E-state index in [1.165, 1.54) is 15.4 Å². The van der Waals surface area contributed by atoms with Crippen molar-refractivity contribution in [1.29, 1.82) is 5.26 Å². The number of hydrogen-bond acceptors (Lipinski definition) is 4. The Bertz CT molecular complexity index is 1230. The fraction of sp³-hybridized carbons (Fsp3) is 0.240. The lowest BCUT2D eigenvalue weighted by atomic mass is 9.96. The van der Waals surface area contributed by atoms with Crippen molar-refractivity contribution >= 4 is 26.0 Å². The number of aryl methyl sites for hydroxylation is 1. The van der Waals surface area contributed by atoms with Crippen LogP contribution in [0.3, 0.4) is 0 Å². The highest BCUT2D eigenvalue weighted by molar-refractivity contribution is 9.10. The van der Waals surface area contributed by atoms with Gasteiger partial charge in [-0.25, -0.2) is 8.42 Å². The molecule has 3 aromatic carbocycles. The number of rotatable bonds is 5. The van der Waals surface area contributed by atoms with E-state index in [1.54, 1.807) is 18.2 Å². The van der Waals surface area contributed by atoms with Crippen molar-refractivity contribution in [1.82, 2.24) is 9.21 Å². The van der Waals surface area contributed by atoms with Crippen molar-refractivity contribution in [3.05, 3.63) is 99.5 Å². The van der Waals surface area contributed by atoms with E-state index < -0.39 is 10.0 Å². The van der Waals surface area contributed by atoms with Gasteiger partial charge in [0.2, 0.25) is 10.0 Å². The van der Waals surface area contributed by atoms with Gasteiger partial charge in [-0.2, -0.15) is 9.57 Å². The molecule has 0 bridgehead atoms. The van der Waals surface area contributed by atoms with E-state index in [-0.39, 0.29) is 16.5 Å². The Balaban J connectivity index is 1.59. The van der Waals surface area contributed by atoms with Crippen LogP contribution in [0.1, 0.15) is 28.3 Å². The van der Waals surface area contributed by atoms with Crippen LogP contribution < -0.4 is 0 Å². The summed E-state index contributed by atoms with van der Waals surface area (Å²) in [5.74, 6) is 0. The van der Waals surface area contributed by atoms with Gasteiger partial charge in [-0.05, 0) is 47.9 Å². The lowest BCUT2D eigenvalue weighted by Crippen LogP contribution is -2.49. The molecule has 0 unspecified atom stereocenters. The summed E-state index contributed by atoms with van der Waals surface area (Å²) in [6.45, 7) is 3.79. The van der Waals surface area contributed by atoms with Crippen LogP contribution in [0.5, 0.6) is 0 Å². The average molecular weight is 510 g/mol. The molecule has 1 heterocycles. The second kappa shape index (κ2) is 9.55. The van der Waals surface area contributed by atoms with Crippen molar-refractivity contribution in [2.45, 2.75) is 17.9 Å². The van der Waals surface area contributed by atoms with E-state index in [1.807, 2.05) is 43.3 Å². The number of benzene rings is 3. The zero-order valence-corrected chi connectivity index (χ0v) is 20.2. The summed E-state index contributed by atoms with van der Waals surface area (Å²) in [6.07, 6.45) is 0. The van der Waals surface area contributed by atoms with Gasteiger partial charge in [0.25, 0.3) is 0 Å². The molecule has 1 aliphatic rings. The summed E-state index contributed by atoms with van der Waals surface area (Å²) in [5.41, 5.74) is 3.35. The number of nitriles is 1. The Morgan fingerprint density at radius 2 is 1.53 bits per heavy atom. The van der Waals surface area contributed by atoms with Crippen LogP contribution in [0.2, 0.25) is 0 Å². The summed E-state index contributed by atoms with van der Waals surface area (Å²) in [6, 6.07) is 25.6. The lowest BCUT2D eigenvalue weighted by Gasteiger charge is -2.39. The molecule has 0 aliphatic carbocycles. The molecule has 3 aromatic rings. The molecule has 1 atom stereocenters. The summed E-state index contributed by atoms with van der Waals surface area (Å²) >= 11 is 3.51. The summed E-state index contributed by atoms with van der Waals surface area (Å²) in [7, 11) is -3.73. The van der Waals surface area contributed by atoms with Gasteiger partial charge in [0.1, 0.15) is 11.0 Å². The quantitative estimate of drug-likeness (QED) is 0.498. The highest BCUT2D eigenvalue weighted by atomic mass is 79.9. The van der Waals surface area contributed by atoms with Gasteiger partial charge in [0, 0.05) is 30.7 Å². The molecule has 0 N–H and O–H groups in total. The molecule has 4 rings (SSSR count). The molecule has 32 heavy (non-hydrogen) atoms. The zero-order valence-electron chi connectivity index (χ0n) is 17.8. The molecule has 0 aromatic heterocycles. The van der Waals surface area contributed by atoms with E-state index in [0.717, 1.165) is 10.0 Å². The van der Waals surface area contributed by atoms with Gasteiger partial charge >= 0.3 is 0 Å². The predicted molar refractivity (Wildman–Crippen MR) is 129 cm³/mol. The van der Waals surface area contributed by atoms with Crippen molar-refractivity contribution < 1.29 is 8.42 Å². The van der Waals surface area contributed by atoms with Gasteiger partial charge in [-0.15, -0.1) is 0 Å². The summed E-state index contributed by atoms with van der Waals surface area (Å²) < 4.78 is 29.2. The van der Waals surface area contributed by atoms with E-state index in [4.69, 9.17) is 0 Å². The molecule has 0 saturated carbocycles. The first-order valence-electron chi connectivity index (χ1n) is 10.5. The van der Waals surface area contributed by atoms with Crippen LogP contribution in [-0.2, 0) is 10.0 Å². The van der Waals surface area contributed by atoms with Gasteiger partial charge in [0.05, 0.1) is 11.6 Å². The normalized spacial score (nSPS) is 16.4. The lowest BCUT2D eigenvalue weighted by molar-refractivity contribution is 0.156. The Morgan fingerprint density at radius 1 is 0.906 bits per heavy atom. The molecule has 1 aliphatic heterocycles. The molecule has 5 nitrogen and oxygen atoms in total. The molecule has 1 fully saturated rings. The minimum absolute atomic E-state index is 0.0443. The van der Waals surface area contributed by atoms with Crippen LogP contribution in [0.15, 0.2) is 82.2 Å². The van der Waals surface area contributed by atoms with Crippen LogP contribution >= 0.6 is 15.9 Å². The number of nitrogens with zero attached hydrogens (tertiary/aromatic N) is 3. The van der Waals surface area contributed by atoms with Crippen LogP contribution in [0.4, 0.5) is 0 Å². The average Bonchev–Trinajstić information content (AvgIpc) is 2.81. The van der Waals surface area contributed by atoms with Crippen molar-refractivity contribution in [2.75, 3.05) is 26.2 Å². The second-order valence-electron chi connectivity index (χ2n) is 7.92. The number of hydrogen-bond donors (Lipinski definition) is 0. The first-order valence-corrected chi connectivity index (χ1v) is 12.7. The maximum atomic E-state index is 13.3. The maximum Gasteiger partial charge on any atom is 0.244 e. The molecule has 0 spiro atoms. The Kier molecular flexibility index (Phi) is 6.77. The highest BCUT2D eigenvalue weighted by Crippen LogP contribution is 2.31. The number of halogens is 1. The van der Waals surface area contributed by atoms with Gasteiger partial charge in [0.15, 0.2) is 0 Å². The minimum Gasteiger partial charge on any atom is -0.290 e. The van der Waals surface area contributed by atoms with Gasteiger partial charge < -0.3 is 0 Å². The number of piperazine rings is 1. The standard InChI is InChI=1S/C25H24BrN3O2S/c1-19-7-8-22(18-27)24(17-19)32(30,31)29-15-13-28(14-16-29)25(20-5-3-2-4-6-20)21-9-11-23(26)12-10-21/h2-12,17,25H,13-16H2,1H3/t25-/m1/s1. The van der Waals surface area contributed by atoms with Crippen molar-refractivity contribution in [3.63, 3.8) is 0 Å². The van der Waals surface area contributed by atoms with Crippen LogP contribution in [0, 0.1) is 18.3 Å². The molecule has 1 saturated heterocycles. The topological polar surface area (TPSA) is 64.4 Å². The summed E-state index contributed by atoms with van der Waals surface area (Å²) in [5, 5.41) is 9.41. The third-order valence-corrected chi connectivity index (χ3v) is 8.28. The number of sulfonamides is 1. The zero-order chi connectivity index (χ0) is 22.7. The Labute approximate surface area is 198 Å². The van der Waals surface area contributed by atoms with Gasteiger partial charge in [-0.3, -0.25) is 4.90 Å². The minimum atomic E-state index is -3.73. The third kappa shape index (κ3) is 4.64. The Hall–Kier alpha value is -2.50. The summed E-state index contributed by atoms with van der Waals surface area (Å²) in [4.78, 5) is 2.42. The van der Waals surface area contributed by atoms with E-state index >= 15 is 0 Å². The molecular formula is C25H24BrN3O2S. The van der Waals surface area contributed by atoms with E-state index in [9.17, 15) is 13.7 Å². The van der Waals surface area contributed by atoms with E-state index in [2.05, 4.69) is 45.1 Å². The molecule has 0 radical (unpaired) electrons. The van der Waals surface area contributed by atoms with Crippen LogP contribution in [0.25, 0.3) is 0 Å². The third-order valence-electron chi connectivity index (χ3n) is 5.81.